The Bertz CT molecular complexity index is 658. The lowest BCUT2D eigenvalue weighted by molar-refractivity contribution is 0.131. The summed E-state index contributed by atoms with van der Waals surface area (Å²) in [4.78, 5) is 40.3. The molecular formula is C7H8N4O4. The Morgan fingerprint density at radius 3 is 2.60 bits per heavy atom. The zero-order valence-corrected chi connectivity index (χ0v) is 7.79. The number of nitrogens with one attached hydrogen (secondary N) is 3. The minimum absolute atomic E-state index is 0.0569. The molecule has 0 saturated heterocycles. The molecule has 2 aromatic rings. The molecule has 2 heterocycles. The van der Waals surface area contributed by atoms with Crippen molar-refractivity contribution in [1.29, 1.82) is 0 Å². The second-order valence-electron chi connectivity index (χ2n) is 2.91. The molecule has 2 aromatic heterocycles. The van der Waals surface area contributed by atoms with Gasteiger partial charge in [0.05, 0.1) is 0 Å². The Balaban J connectivity index is 2.93. The molecule has 80 valence electrons. The number of H-pyrrole nitrogens is 3. The zero-order valence-electron chi connectivity index (χ0n) is 7.79. The minimum atomic E-state index is -0.668. The predicted molar refractivity (Wildman–Crippen MR) is 50.8 cm³/mol. The largest absolute Gasteiger partial charge is 0.364 e. The summed E-state index contributed by atoms with van der Waals surface area (Å²) in [7, 11) is 1.39. The lowest BCUT2D eigenvalue weighted by Crippen LogP contribution is -2.25. The molecule has 0 bridgehead atoms. The van der Waals surface area contributed by atoms with Crippen LogP contribution in [0.15, 0.2) is 14.4 Å². The summed E-state index contributed by atoms with van der Waals surface area (Å²) in [5.41, 5.74) is -1.67. The van der Waals surface area contributed by atoms with Gasteiger partial charge in [-0.15, -0.1) is 0 Å². The van der Waals surface area contributed by atoms with Crippen molar-refractivity contribution in [1.82, 2.24) is 19.5 Å². The molecule has 0 fully saturated rings. The molecule has 0 aliphatic heterocycles. The lowest BCUT2D eigenvalue weighted by Gasteiger charge is -1.98. The van der Waals surface area contributed by atoms with Crippen molar-refractivity contribution in [3.05, 3.63) is 31.3 Å². The molecule has 15 heavy (non-hydrogen) atoms. The number of ether oxygens (including phenoxy) is 1. The molecule has 0 amide bonds. The predicted octanol–water partition coefficient (Wildman–Crippen LogP) is -1.69. The number of rotatable bonds is 2. The summed E-state index contributed by atoms with van der Waals surface area (Å²) in [6, 6.07) is 0. The van der Waals surface area contributed by atoms with E-state index in [1.54, 1.807) is 0 Å². The van der Waals surface area contributed by atoms with Gasteiger partial charge >= 0.3 is 11.4 Å². The van der Waals surface area contributed by atoms with Gasteiger partial charge in [-0.05, 0) is 0 Å². The Morgan fingerprint density at radius 2 is 1.93 bits per heavy atom. The number of nitrogens with zero attached hydrogens (tertiary/aromatic N) is 1. The first kappa shape index (κ1) is 9.46. The van der Waals surface area contributed by atoms with E-state index in [4.69, 9.17) is 4.74 Å². The van der Waals surface area contributed by atoms with Crippen LogP contribution >= 0.6 is 0 Å². The van der Waals surface area contributed by atoms with E-state index in [9.17, 15) is 14.4 Å². The number of aromatic nitrogens is 4. The fourth-order valence-electron chi connectivity index (χ4n) is 1.36. The van der Waals surface area contributed by atoms with Gasteiger partial charge in [-0.3, -0.25) is 24.3 Å². The molecule has 8 heteroatoms. The van der Waals surface area contributed by atoms with Gasteiger partial charge in [-0.2, -0.15) is 0 Å². The average molecular weight is 212 g/mol. The summed E-state index contributed by atoms with van der Waals surface area (Å²) in [5, 5.41) is 0. The summed E-state index contributed by atoms with van der Waals surface area (Å²) in [5.74, 6) is 0. The maximum absolute atomic E-state index is 11.4. The first-order valence-electron chi connectivity index (χ1n) is 4.07. The number of methoxy groups -OCH3 is 1. The molecule has 0 spiro atoms. The van der Waals surface area contributed by atoms with Crippen LogP contribution < -0.4 is 16.9 Å². The fraction of sp³-hybridized carbons (Fsp3) is 0.286. The van der Waals surface area contributed by atoms with Crippen LogP contribution in [0.2, 0.25) is 0 Å². The van der Waals surface area contributed by atoms with Crippen LogP contribution in [0.25, 0.3) is 11.2 Å². The number of fused-ring (bicyclic) bond motifs is 1. The van der Waals surface area contributed by atoms with Crippen LogP contribution in [0.5, 0.6) is 0 Å². The highest BCUT2D eigenvalue weighted by Crippen LogP contribution is 1.97. The number of aromatic amines is 3. The van der Waals surface area contributed by atoms with Gasteiger partial charge in [0.1, 0.15) is 12.4 Å². The van der Waals surface area contributed by atoms with Crippen molar-refractivity contribution in [2.24, 2.45) is 0 Å². The van der Waals surface area contributed by atoms with Crippen LogP contribution in [0, 0.1) is 0 Å². The zero-order chi connectivity index (χ0) is 11.0. The Hall–Kier alpha value is -2.09. The molecular weight excluding hydrogens is 204 g/mol. The maximum atomic E-state index is 11.4. The second kappa shape index (κ2) is 3.24. The molecule has 0 aliphatic carbocycles. The van der Waals surface area contributed by atoms with Gasteiger partial charge in [-0.25, -0.2) is 9.59 Å². The summed E-state index contributed by atoms with van der Waals surface area (Å²) in [6.07, 6.45) is 0. The first-order chi connectivity index (χ1) is 7.13. The highest BCUT2D eigenvalue weighted by atomic mass is 16.5. The van der Waals surface area contributed by atoms with Crippen molar-refractivity contribution in [2.75, 3.05) is 7.11 Å². The van der Waals surface area contributed by atoms with Gasteiger partial charge in [0, 0.05) is 7.11 Å². The standard InChI is InChI=1S/C7H8N4O4/c1-15-2-11-3-4(9-7(11)14)8-6(13)10-5(3)12/h2H2,1H3,(H3,8,9,10,12,13,14). The normalized spacial score (nSPS) is 11.0. The molecule has 8 nitrogen and oxygen atoms in total. The van der Waals surface area contributed by atoms with Crippen LogP contribution in [0.1, 0.15) is 0 Å². The quantitative estimate of drug-likeness (QED) is 0.551. The molecule has 0 atom stereocenters. The van der Waals surface area contributed by atoms with E-state index in [1.165, 1.54) is 7.11 Å². The molecule has 0 radical (unpaired) electrons. The van der Waals surface area contributed by atoms with E-state index < -0.39 is 16.9 Å². The van der Waals surface area contributed by atoms with Crippen molar-refractivity contribution in [3.63, 3.8) is 0 Å². The Morgan fingerprint density at radius 1 is 1.20 bits per heavy atom. The van der Waals surface area contributed by atoms with Crippen molar-refractivity contribution in [2.45, 2.75) is 6.73 Å². The Labute approximate surface area is 81.5 Å². The van der Waals surface area contributed by atoms with Gasteiger partial charge in [-0.1, -0.05) is 0 Å². The topological polar surface area (TPSA) is 113 Å². The van der Waals surface area contributed by atoms with Crippen LogP contribution in [-0.2, 0) is 11.5 Å². The molecule has 3 N–H and O–H groups in total. The smallest absolute Gasteiger partial charge is 0.329 e. The van der Waals surface area contributed by atoms with E-state index in [1.807, 2.05) is 4.98 Å². The number of hydrogen-bond donors (Lipinski definition) is 3. The summed E-state index contributed by atoms with van der Waals surface area (Å²) >= 11 is 0. The fourth-order valence-corrected chi connectivity index (χ4v) is 1.36. The molecule has 2 rings (SSSR count). The van der Waals surface area contributed by atoms with E-state index in [0.29, 0.717) is 0 Å². The van der Waals surface area contributed by atoms with Crippen LogP contribution in [-0.4, -0.2) is 26.6 Å². The molecule has 0 aromatic carbocycles. The van der Waals surface area contributed by atoms with Crippen molar-refractivity contribution >= 4 is 11.2 Å². The second-order valence-corrected chi connectivity index (χ2v) is 2.91. The first-order valence-corrected chi connectivity index (χ1v) is 4.07. The van der Waals surface area contributed by atoms with E-state index in [2.05, 4.69) is 9.97 Å². The third-order valence-electron chi connectivity index (χ3n) is 1.92. The van der Waals surface area contributed by atoms with Gasteiger partial charge in [0.15, 0.2) is 5.52 Å². The molecule has 0 saturated carbocycles. The number of hydrogen-bond acceptors (Lipinski definition) is 4. The monoisotopic (exact) mass is 212 g/mol. The van der Waals surface area contributed by atoms with Crippen molar-refractivity contribution < 1.29 is 4.74 Å². The van der Waals surface area contributed by atoms with Crippen molar-refractivity contribution in [3.8, 4) is 0 Å². The van der Waals surface area contributed by atoms with E-state index in [-0.39, 0.29) is 17.9 Å². The third-order valence-corrected chi connectivity index (χ3v) is 1.92. The van der Waals surface area contributed by atoms with Crippen LogP contribution in [0.3, 0.4) is 0 Å². The third kappa shape index (κ3) is 1.40. The van der Waals surface area contributed by atoms with Gasteiger partial charge in [0.25, 0.3) is 5.56 Å². The van der Waals surface area contributed by atoms with Gasteiger partial charge < -0.3 is 4.74 Å². The molecule has 0 aliphatic rings. The minimum Gasteiger partial charge on any atom is -0.364 e. The Kier molecular flexibility index (Phi) is 2.05. The summed E-state index contributed by atoms with van der Waals surface area (Å²) in [6.45, 7) is -0.0616. The summed E-state index contributed by atoms with van der Waals surface area (Å²) < 4.78 is 5.85. The lowest BCUT2D eigenvalue weighted by atomic mass is 10.5. The molecule has 0 unspecified atom stereocenters. The highest BCUT2D eigenvalue weighted by molar-refractivity contribution is 5.68. The van der Waals surface area contributed by atoms with Gasteiger partial charge in [0.2, 0.25) is 0 Å². The van der Waals surface area contributed by atoms with E-state index >= 15 is 0 Å². The van der Waals surface area contributed by atoms with E-state index in [0.717, 1.165) is 4.57 Å². The highest BCUT2D eigenvalue weighted by Gasteiger charge is 2.10. The van der Waals surface area contributed by atoms with Crippen LogP contribution in [0.4, 0.5) is 0 Å². The maximum Gasteiger partial charge on any atom is 0.329 e. The average Bonchev–Trinajstić information content (AvgIpc) is 2.43. The SMILES string of the molecule is COCn1c(=O)[nH]c2[nH]c(=O)[nH]c(=O)c21. The number of imidazole rings is 1.